The minimum Gasteiger partial charge on any atom is -0.361 e. The first-order valence-corrected chi connectivity index (χ1v) is 5.88. The van der Waals surface area contributed by atoms with E-state index in [9.17, 15) is 4.39 Å². The molecule has 0 unspecified atom stereocenters. The van der Waals surface area contributed by atoms with Crippen molar-refractivity contribution in [1.82, 2.24) is 15.6 Å². The maximum Gasteiger partial charge on any atom is 0.190 e. The zero-order chi connectivity index (χ0) is 13.0. The molecule has 0 aliphatic carbocycles. The number of hydrogen-bond donors (Lipinski definition) is 3. The highest BCUT2D eigenvalue weighted by Crippen LogP contribution is 2.19. The van der Waals surface area contributed by atoms with E-state index in [0.717, 1.165) is 35.4 Å². The fourth-order valence-electron chi connectivity index (χ4n) is 1.95. The van der Waals surface area contributed by atoms with Crippen molar-refractivity contribution in [3.8, 4) is 0 Å². The van der Waals surface area contributed by atoms with Crippen LogP contribution >= 0.6 is 24.0 Å². The van der Waals surface area contributed by atoms with Crippen molar-refractivity contribution in [3.63, 3.8) is 0 Å². The summed E-state index contributed by atoms with van der Waals surface area (Å²) >= 11 is 0. The van der Waals surface area contributed by atoms with Crippen molar-refractivity contribution in [2.75, 3.05) is 20.6 Å². The third kappa shape index (κ3) is 3.82. The lowest BCUT2D eigenvalue weighted by atomic mass is 10.1. The number of benzene rings is 1. The molecule has 0 saturated heterocycles. The number of guanidine groups is 1. The first kappa shape index (κ1) is 15.7. The van der Waals surface area contributed by atoms with Crippen molar-refractivity contribution in [3.05, 3.63) is 35.8 Å². The van der Waals surface area contributed by atoms with Crippen LogP contribution in [0.25, 0.3) is 10.9 Å². The van der Waals surface area contributed by atoms with Gasteiger partial charge in [-0.25, -0.2) is 4.39 Å². The number of hydrogen-bond acceptors (Lipinski definition) is 1. The number of aromatic nitrogens is 1. The Balaban J connectivity index is 0.00000180. The summed E-state index contributed by atoms with van der Waals surface area (Å²) in [6, 6.07) is 4.78. The van der Waals surface area contributed by atoms with Gasteiger partial charge in [-0.15, -0.1) is 24.0 Å². The molecule has 2 rings (SSSR count). The predicted molar refractivity (Wildman–Crippen MR) is 87.8 cm³/mol. The number of aliphatic imine (C=N–C) groups is 1. The normalized spacial score (nSPS) is 11.2. The van der Waals surface area contributed by atoms with Gasteiger partial charge in [0.15, 0.2) is 5.96 Å². The molecule has 6 heteroatoms. The third-order valence-electron chi connectivity index (χ3n) is 2.88. The van der Waals surface area contributed by atoms with Gasteiger partial charge in [0.1, 0.15) is 5.82 Å². The SMILES string of the molecule is CN=C(NC)NCCc1c[nH]c2ccc(F)cc12.I. The van der Waals surface area contributed by atoms with E-state index in [2.05, 4.69) is 20.6 Å². The van der Waals surface area contributed by atoms with Crippen LogP contribution in [0.3, 0.4) is 0 Å². The minimum absolute atomic E-state index is 0. The Morgan fingerprint density at radius 1 is 1.42 bits per heavy atom. The van der Waals surface area contributed by atoms with E-state index in [1.54, 1.807) is 19.2 Å². The molecule has 0 spiro atoms. The average molecular weight is 376 g/mol. The predicted octanol–water partition coefficient (Wildman–Crippen LogP) is 2.26. The highest BCUT2D eigenvalue weighted by atomic mass is 127. The molecule has 0 bridgehead atoms. The average Bonchev–Trinajstić information content (AvgIpc) is 2.77. The molecule has 2 aromatic rings. The van der Waals surface area contributed by atoms with Gasteiger partial charge in [0, 0.05) is 37.7 Å². The van der Waals surface area contributed by atoms with Crippen LogP contribution in [0, 0.1) is 5.82 Å². The van der Waals surface area contributed by atoms with Crippen molar-refractivity contribution >= 4 is 40.8 Å². The van der Waals surface area contributed by atoms with Crippen LogP contribution in [0.2, 0.25) is 0 Å². The zero-order valence-corrected chi connectivity index (χ0v) is 13.3. The van der Waals surface area contributed by atoms with E-state index in [-0.39, 0.29) is 29.8 Å². The largest absolute Gasteiger partial charge is 0.361 e. The summed E-state index contributed by atoms with van der Waals surface area (Å²) in [7, 11) is 3.54. The molecule has 0 radical (unpaired) electrons. The summed E-state index contributed by atoms with van der Waals surface area (Å²) in [5, 5.41) is 7.06. The molecule has 1 aromatic carbocycles. The lowest BCUT2D eigenvalue weighted by Crippen LogP contribution is -2.35. The summed E-state index contributed by atoms with van der Waals surface area (Å²) in [6.07, 6.45) is 2.73. The molecule has 1 aromatic heterocycles. The van der Waals surface area contributed by atoms with Crippen molar-refractivity contribution in [1.29, 1.82) is 0 Å². The summed E-state index contributed by atoms with van der Waals surface area (Å²) in [4.78, 5) is 7.17. The van der Waals surface area contributed by atoms with Gasteiger partial charge in [-0.3, -0.25) is 4.99 Å². The van der Waals surface area contributed by atoms with Crippen molar-refractivity contribution in [2.45, 2.75) is 6.42 Å². The van der Waals surface area contributed by atoms with E-state index in [0.29, 0.717) is 0 Å². The maximum atomic E-state index is 13.2. The van der Waals surface area contributed by atoms with Crippen LogP contribution in [0.4, 0.5) is 4.39 Å². The van der Waals surface area contributed by atoms with Crippen LogP contribution in [-0.4, -0.2) is 31.6 Å². The first-order chi connectivity index (χ1) is 8.74. The highest BCUT2D eigenvalue weighted by molar-refractivity contribution is 14.0. The molecule has 0 atom stereocenters. The molecule has 4 nitrogen and oxygen atoms in total. The maximum absolute atomic E-state index is 13.2. The van der Waals surface area contributed by atoms with Gasteiger partial charge in [-0.2, -0.15) is 0 Å². The molecular formula is C13H18FIN4. The second-order valence-corrected chi connectivity index (χ2v) is 4.00. The lowest BCUT2D eigenvalue weighted by Gasteiger charge is -2.07. The molecule has 0 amide bonds. The Morgan fingerprint density at radius 3 is 2.89 bits per heavy atom. The smallest absolute Gasteiger partial charge is 0.190 e. The van der Waals surface area contributed by atoms with Gasteiger partial charge in [-0.1, -0.05) is 0 Å². The number of aromatic amines is 1. The Morgan fingerprint density at radius 2 is 2.21 bits per heavy atom. The molecule has 1 heterocycles. The van der Waals surface area contributed by atoms with E-state index < -0.39 is 0 Å². The summed E-state index contributed by atoms with van der Waals surface area (Å²) in [6.45, 7) is 0.747. The number of halogens is 2. The van der Waals surface area contributed by atoms with Gasteiger partial charge in [-0.05, 0) is 30.2 Å². The van der Waals surface area contributed by atoms with Gasteiger partial charge >= 0.3 is 0 Å². The standard InChI is InChI=1S/C13H17FN4.HI/c1-15-13(16-2)17-6-5-9-8-18-12-4-3-10(14)7-11(9)12;/h3-4,7-8,18H,5-6H2,1-2H3,(H2,15,16,17);1H. The Labute approximate surface area is 128 Å². The highest BCUT2D eigenvalue weighted by Gasteiger charge is 2.04. The van der Waals surface area contributed by atoms with Crippen LogP contribution < -0.4 is 10.6 Å². The molecular weight excluding hydrogens is 358 g/mol. The molecule has 19 heavy (non-hydrogen) atoms. The molecule has 0 aliphatic heterocycles. The summed E-state index contributed by atoms with van der Waals surface area (Å²) in [5.41, 5.74) is 2.06. The second kappa shape index (κ2) is 7.32. The van der Waals surface area contributed by atoms with Gasteiger partial charge < -0.3 is 15.6 Å². The van der Waals surface area contributed by atoms with Crippen molar-refractivity contribution < 1.29 is 4.39 Å². The molecule has 3 N–H and O–H groups in total. The van der Waals surface area contributed by atoms with Gasteiger partial charge in [0.2, 0.25) is 0 Å². The number of H-pyrrole nitrogens is 1. The fraction of sp³-hybridized carbons (Fsp3) is 0.308. The van der Waals surface area contributed by atoms with Crippen LogP contribution in [0.15, 0.2) is 29.4 Å². The monoisotopic (exact) mass is 376 g/mol. The van der Waals surface area contributed by atoms with E-state index >= 15 is 0 Å². The Kier molecular flexibility index (Phi) is 6.07. The third-order valence-corrected chi connectivity index (χ3v) is 2.88. The first-order valence-electron chi connectivity index (χ1n) is 5.88. The summed E-state index contributed by atoms with van der Waals surface area (Å²) in [5.74, 6) is 0.545. The second-order valence-electron chi connectivity index (χ2n) is 4.00. The Bertz CT molecular complexity index is 565. The number of rotatable bonds is 3. The van der Waals surface area contributed by atoms with Crippen LogP contribution in [0.1, 0.15) is 5.56 Å². The quantitative estimate of drug-likeness (QED) is 0.437. The molecule has 0 aliphatic rings. The van der Waals surface area contributed by atoms with E-state index in [4.69, 9.17) is 0 Å². The molecule has 0 saturated carbocycles. The molecule has 0 fully saturated rings. The molecule has 104 valence electrons. The van der Waals surface area contributed by atoms with Gasteiger partial charge in [0.25, 0.3) is 0 Å². The van der Waals surface area contributed by atoms with Crippen LogP contribution in [-0.2, 0) is 6.42 Å². The van der Waals surface area contributed by atoms with Crippen LogP contribution in [0.5, 0.6) is 0 Å². The number of fused-ring (bicyclic) bond motifs is 1. The minimum atomic E-state index is -0.206. The number of nitrogens with zero attached hydrogens (tertiary/aromatic N) is 1. The number of nitrogens with one attached hydrogen (secondary N) is 3. The summed E-state index contributed by atoms with van der Waals surface area (Å²) < 4.78 is 13.2. The van der Waals surface area contributed by atoms with Crippen molar-refractivity contribution in [2.24, 2.45) is 4.99 Å². The van der Waals surface area contributed by atoms with E-state index in [1.807, 2.05) is 13.2 Å². The Hall–Kier alpha value is -1.31. The topological polar surface area (TPSA) is 52.2 Å². The van der Waals surface area contributed by atoms with Gasteiger partial charge in [0.05, 0.1) is 0 Å². The fourth-order valence-corrected chi connectivity index (χ4v) is 1.95. The zero-order valence-electron chi connectivity index (χ0n) is 11.0. The lowest BCUT2D eigenvalue weighted by molar-refractivity contribution is 0.629. The van der Waals surface area contributed by atoms with E-state index in [1.165, 1.54) is 6.07 Å².